The summed E-state index contributed by atoms with van der Waals surface area (Å²) in [5, 5.41) is 2.61. The van der Waals surface area contributed by atoms with Crippen LogP contribution in [-0.2, 0) is 0 Å². The summed E-state index contributed by atoms with van der Waals surface area (Å²) in [5.41, 5.74) is 0.0902. The number of carbonyl (C=O) groups is 1. The number of amides is 1. The summed E-state index contributed by atoms with van der Waals surface area (Å²) in [7, 11) is 0. The zero-order valence-electron chi connectivity index (χ0n) is 12.7. The van der Waals surface area contributed by atoms with Crippen LogP contribution in [0.25, 0.3) is 10.9 Å². The van der Waals surface area contributed by atoms with Crippen molar-refractivity contribution < 1.29 is 22.4 Å². The van der Waals surface area contributed by atoms with E-state index in [-0.39, 0.29) is 11.1 Å². The zero-order valence-corrected chi connectivity index (χ0v) is 12.7. The first-order valence-corrected chi connectivity index (χ1v) is 7.33. The van der Waals surface area contributed by atoms with E-state index in [2.05, 4.69) is 4.98 Å². The van der Waals surface area contributed by atoms with Gasteiger partial charge in [-0.1, -0.05) is 30.3 Å². The van der Waals surface area contributed by atoms with E-state index in [1.165, 1.54) is 12.3 Å². The standard InChI is InChI=1S/C18H12F4N2O/c19-13-8-6-12(7-9-13)16(18(20,21)22)24-17(25)14-5-1-3-11-4-2-10-23-15(11)14/h1-10,16H,(H,24,25). The van der Waals surface area contributed by atoms with Gasteiger partial charge in [-0.05, 0) is 29.8 Å². The number of rotatable bonds is 3. The Kier molecular flexibility index (Phi) is 4.39. The van der Waals surface area contributed by atoms with E-state index in [4.69, 9.17) is 0 Å². The quantitative estimate of drug-likeness (QED) is 0.713. The van der Waals surface area contributed by atoms with E-state index in [0.29, 0.717) is 10.9 Å². The highest BCUT2D eigenvalue weighted by Crippen LogP contribution is 2.33. The molecule has 0 spiro atoms. The van der Waals surface area contributed by atoms with Crippen LogP contribution in [0.15, 0.2) is 60.8 Å². The van der Waals surface area contributed by atoms with Gasteiger partial charge in [-0.15, -0.1) is 0 Å². The van der Waals surface area contributed by atoms with E-state index in [9.17, 15) is 22.4 Å². The Hall–Kier alpha value is -2.96. The van der Waals surface area contributed by atoms with Crippen LogP contribution < -0.4 is 5.32 Å². The summed E-state index contributed by atoms with van der Waals surface area (Å²) < 4.78 is 53.1. The number of carbonyl (C=O) groups excluding carboxylic acids is 1. The Morgan fingerprint density at radius 2 is 1.68 bits per heavy atom. The summed E-state index contributed by atoms with van der Waals surface area (Å²) >= 11 is 0. The van der Waals surface area contributed by atoms with E-state index in [0.717, 1.165) is 24.3 Å². The lowest BCUT2D eigenvalue weighted by Crippen LogP contribution is -2.38. The molecule has 3 nitrogen and oxygen atoms in total. The molecule has 3 aromatic rings. The Bertz CT molecular complexity index is 902. The number of pyridine rings is 1. The van der Waals surface area contributed by atoms with Gasteiger partial charge in [-0.3, -0.25) is 9.78 Å². The lowest BCUT2D eigenvalue weighted by molar-refractivity contribution is -0.155. The number of nitrogens with one attached hydrogen (secondary N) is 1. The second-order valence-corrected chi connectivity index (χ2v) is 5.38. The summed E-state index contributed by atoms with van der Waals surface area (Å²) in [4.78, 5) is 16.5. The highest BCUT2D eigenvalue weighted by atomic mass is 19.4. The van der Waals surface area contributed by atoms with Gasteiger partial charge in [0.1, 0.15) is 5.82 Å². The van der Waals surface area contributed by atoms with Crippen LogP contribution in [-0.4, -0.2) is 17.1 Å². The van der Waals surface area contributed by atoms with Crippen LogP contribution in [0.4, 0.5) is 17.6 Å². The van der Waals surface area contributed by atoms with Gasteiger partial charge in [-0.25, -0.2) is 4.39 Å². The number of aromatic nitrogens is 1. The smallest absolute Gasteiger partial charge is 0.337 e. The van der Waals surface area contributed by atoms with Gasteiger partial charge in [0.15, 0.2) is 6.04 Å². The van der Waals surface area contributed by atoms with E-state index in [1.807, 2.05) is 5.32 Å². The molecule has 1 unspecified atom stereocenters. The fraction of sp³-hybridized carbons (Fsp3) is 0.111. The molecule has 1 aromatic heterocycles. The average molecular weight is 348 g/mol. The van der Waals surface area contributed by atoms with Crippen LogP contribution >= 0.6 is 0 Å². The number of hydrogen-bond donors (Lipinski definition) is 1. The number of fused-ring (bicyclic) bond motifs is 1. The van der Waals surface area contributed by atoms with E-state index in [1.54, 1.807) is 24.3 Å². The molecule has 0 radical (unpaired) electrons. The van der Waals surface area contributed by atoms with Crippen LogP contribution in [0.1, 0.15) is 22.0 Å². The number of hydrogen-bond acceptors (Lipinski definition) is 2. The zero-order chi connectivity index (χ0) is 18.0. The van der Waals surface area contributed by atoms with Gasteiger partial charge < -0.3 is 5.32 Å². The minimum absolute atomic E-state index is 0.0365. The molecule has 0 aliphatic rings. The van der Waals surface area contributed by atoms with Crippen LogP contribution in [0, 0.1) is 5.82 Å². The first kappa shape index (κ1) is 16.9. The fourth-order valence-electron chi connectivity index (χ4n) is 2.51. The van der Waals surface area contributed by atoms with E-state index >= 15 is 0 Å². The van der Waals surface area contributed by atoms with Crippen molar-refractivity contribution in [1.29, 1.82) is 0 Å². The third-order valence-corrected chi connectivity index (χ3v) is 3.68. The van der Waals surface area contributed by atoms with Crippen LogP contribution in [0.2, 0.25) is 0 Å². The summed E-state index contributed by atoms with van der Waals surface area (Å²) in [6.07, 6.45) is -3.27. The molecule has 0 saturated heterocycles. The number of alkyl halides is 3. The van der Waals surface area contributed by atoms with Crippen molar-refractivity contribution >= 4 is 16.8 Å². The summed E-state index contributed by atoms with van der Waals surface area (Å²) in [5.74, 6) is -1.56. The normalized spacial score (nSPS) is 12.8. The minimum atomic E-state index is -4.73. The van der Waals surface area contributed by atoms with Crippen molar-refractivity contribution in [3.05, 3.63) is 77.7 Å². The molecule has 0 aliphatic heterocycles. The molecule has 0 bridgehead atoms. The Balaban J connectivity index is 1.96. The maximum atomic E-state index is 13.4. The molecule has 0 fully saturated rings. The SMILES string of the molecule is O=C(NC(c1ccc(F)cc1)C(F)(F)F)c1cccc2cccnc12. The Morgan fingerprint density at radius 3 is 2.36 bits per heavy atom. The molecule has 1 N–H and O–H groups in total. The average Bonchev–Trinajstić information content (AvgIpc) is 2.59. The van der Waals surface area contributed by atoms with Crippen LogP contribution in [0.5, 0.6) is 0 Å². The molecule has 128 valence electrons. The van der Waals surface area contributed by atoms with Crippen LogP contribution in [0.3, 0.4) is 0 Å². The molecule has 25 heavy (non-hydrogen) atoms. The molecule has 3 rings (SSSR count). The number of benzene rings is 2. The predicted molar refractivity (Wildman–Crippen MR) is 84.4 cm³/mol. The summed E-state index contributed by atoms with van der Waals surface area (Å²) in [6, 6.07) is 9.63. The van der Waals surface area contributed by atoms with Crippen molar-refractivity contribution in [3.63, 3.8) is 0 Å². The monoisotopic (exact) mass is 348 g/mol. The van der Waals surface area contributed by atoms with Gasteiger partial charge in [0.25, 0.3) is 5.91 Å². The third-order valence-electron chi connectivity index (χ3n) is 3.68. The maximum absolute atomic E-state index is 13.4. The van der Waals surface area contributed by atoms with Gasteiger partial charge in [-0.2, -0.15) is 13.2 Å². The second kappa shape index (κ2) is 6.51. The topological polar surface area (TPSA) is 42.0 Å². The van der Waals surface area contributed by atoms with Gasteiger partial charge in [0.05, 0.1) is 11.1 Å². The molecule has 1 amide bonds. The van der Waals surface area contributed by atoms with Crippen molar-refractivity contribution in [2.45, 2.75) is 12.2 Å². The van der Waals surface area contributed by atoms with Crippen molar-refractivity contribution in [2.24, 2.45) is 0 Å². The van der Waals surface area contributed by atoms with Gasteiger partial charge in [0.2, 0.25) is 0 Å². The highest BCUT2D eigenvalue weighted by Gasteiger charge is 2.42. The minimum Gasteiger partial charge on any atom is -0.337 e. The molecular weight excluding hydrogens is 336 g/mol. The Labute approximate surface area is 140 Å². The summed E-state index contributed by atoms with van der Waals surface area (Å²) in [6.45, 7) is 0. The molecule has 0 aliphatic carbocycles. The predicted octanol–water partition coefficient (Wildman–Crippen LogP) is 4.41. The molecule has 7 heteroatoms. The number of nitrogens with zero attached hydrogens (tertiary/aromatic N) is 1. The van der Waals surface area contributed by atoms with Gasteiger partial charge in [0, 0.05) is 11.6 Å². The lowest BCUT2D eigenvalue weighted by atomic mass is 10.0. The van der Waals surface area contributed by atoms with Gasteiger partial charge >= 0.3 is 6.18 Å². The molecule has 2 aromatic carbocycles. The second-order valence-electron chi connectivity index (χ2n) is 5.38. The maximum Gasteiger partial charge on any atom is 0.412 e. The Morgan fingerprint density at radius 1 is 1.00 bits per heavy atom. The molecule has 1 heterocycles. The van der Waals surface area contributed by atoms with Crippen molar-refractivity contribution in [2.75, 3.05) is 0 Å². The van der Waals surface area contributed by atoms with Crippen molar-refractivity contribution in [3.8, 4) is 0 Å². The first-order valence-electron chi connectivity index (χ1n) is 7.33. The largest absolute Gasteiger partial charge is 0.412 e. The van der Waals surface area contributed by atoms with E-state index < -0.39 is 23.9 Å². The number of halogens is 4. The molecule has 0 saturated carbocycles. The highest BCUT2D eigenvalue weighted by molar-refractivity contribution is 6.05. The molecule has 1 atom stereocenters. The van der Waals surface area contributed by atoms with Crippen molar-refractivity contribution in [1.82, 2.24) is 10.3 Å². The number of para-hydroxylation sites is 1. The molecular formula is C18H12F4N2O. The first-order chi connectivity index (χ1) is 11.9. The third kappa shape index (κ3) is 3.60. The fourth-order valence-corrected chi connectivity index (χ4v) is 2.51. The lowest BCUT2D eigenvalue weighted by Gasteiger charge is -2.22.